The zero-order valence-electron chi connectivity index (χ0n) is 17.6. The van der Waals surface area contributed by atoms with Gasteiger partial charge in [0.05, 0.1) is 23.5 Å². The lowest BCUT2D eigenvalue weighted by Gasteiger charge is -2.34. The van der Waals surface area contributed by atoms with E-state index in [9.17, 15) is 0 Å². The molecular formula is C23H26N6O. The molecule has 0 saturated heterocycles. The van der Waals surface area contributed by atoms with E-state index in [0.29, 0.717) is 23.3 Å². The van der Waals surface area contributed by atoms with E-state index in [1.807, 2.05) is 24.4 Å². The third-order valence-corrected chi connectivity index (χ3v) is 6.14. The number of rotatable bonds is 4. The number of ether oxygens (including phenoxy) is 1. The summed E-state index contributed by atoms with van der Waals surface area (Å²) in [7, 11) is 1.65. The minimum atomic E-state index is 0.397. The molecule has 4 aromatic rings. The lowest BCUT2D eigenvalue weighted by molar-refractivity contribution is 0.232. The van der Waals surface area contributed by atoms with E-state index in [2.05, 4.69) is 39.1 Å². The van der Waals surface area contributed by atoms with E-state index in [1.54, 1.807) is 19.5 Å². The highest BCUT2D eigenvalue weighted by atomic mass is 16.5. The third-order valence-electron chi connectivity index (χ3n) is 6.14. The van der Waals surface area contributed by atoms with Gasteiger partial charge in [0.1, 0.15) is 5.65 Å². The van der Waals surface area contributed by atoms with Crippen LogP contribution in [0.4, 0.5) is 5.95 Å². The average molecular weight is 403 g/mol. The highest BCUT2D eigenvalue weighted by Gasteiger charge is 2.27. The standard InChI is InChI=1S/C23H26N6O/c1-23(2)8-6-15(7-9-23)27-22-28-20-19(21(29-22)30-3)16(13-26-20)14-4-5-17-18(12-14)25-11-10-24-17/h4-5,10-13,15H,6-9H2,1-3H3,(H2,26,27,28,29). The van der Waals surface area contributed by atoms with Crippen molar-refractivity contribution < 1.29 is 4.74 Å². The van der Waals surface area contributed by atoms with Crippen LogP contribution in [0.1, 0.15) is 39.5 Å². The zero-order chi connectivity index (χ0) is 20.7. The topological polar surface area (TPSA) is 88.6 Å². The van der Waals surface area contributed by atoms with Crippen molar-refractivity contribution in [2.75, 3.05) is 12.4 Å². The maximum atomic E-state index is 5.66. The van der Waals surface area contributed by atoms with E-state index in [0.717, 1.165) is 46.0 Å². The number of fused-ring (bicyclic) bond motifs is 2. The first-order chi connectivity index (χ1) is 14.5. The summed E-state index contributed by atoms with van der Waals surface area (Å²) in [6.07, 6.45) is 10.0. The van der Waals surface area contributed by atoms with Crippen molar-refractivity contribution in [1.29, 1.82) is 0 Å². The van der Waals surface area contributed by atoms with Crippen LogP contribution in [0.2, 0.25) is 0 Å². The van der Waals surface area contributed by atoms with E-state index in [4.69, 9.17) is 9.72 Å². The smallest absolute Gasteiger partial charge is 0.228 e. The van der Waals surface area contributed by atoms with Gasteiger partial charge in [-0.15, -0.1) is 0 Å². The number of hydrogen-bond acceptors (Lipinski definition) is 6. The van der Waals surface area contributed by atoms with E-state index in [1.165, 1.54) is 12.8 Å². The summed E-state index contributed by atoms with van der Waals surface area (Å²) >= 11 is 0. The van der Waals surface area contributed by atoms with Crippen molar-refractivity contribution in [3.63, 3.8) is 0 Å². The highest BCUT2D eigenvalue weighted by molar-refractivity contribution is 5.99. The summed E-state index contributed by atoms with van der Waals surface area (Å²) < 4.78 is 5.66. The first kappa shape index (κ1) is 18.8. The second-order valence-corrected chi connectivity index (χ2v) is 8.83. The van der Waals surface area contributed by atoms with Crippen LogP contribution in [0.3, 0.4) is 0 Å². The monoisotopic (exact) mass is 402 g/mol. The molecule has 3 heterocycles. The first-order valence-corrected chi connectivity index (χ1v) is 10.4. The van der Waals surface area contributed by atoms with Crippen molar-refractivity contribution in [2.24, 2.45) is 5.41 Å². The quantitative estimate of drug-likeness (QED) is 0.502. The van der Waals surface area contributed by atoms with E-state index < -0.39 is 0 Å². The fraction of sp³-hybridized carbons (Fsp3) is 0.391. The van der Waals surface area contributed by atoms with Gasteiger partial charge in [-0.2, -0.15) is 9.97 Å². The van der Waals surface area contributed by atoms with E-state index in [-0.39, 0.29) is 0 Å². The minimum Gasteiger partial charge on any atom is -0.480 e. The van der Waals surface area contributed by atoms with Crippen LogP contribution >= 0.6 is 0 Å². The lowest BCUT2D eigenvalue weighted by atomic mass is 9.76. The molecule has 0 atom stereocenters. The Bertz CT molecular complexity index is 1210. The Labute approximate surface area is 175 Å². The summed E-state index contributed by atoms with van der Waals surface area (Å²) in [5.41, 5.74) is 4.91. The molecule has 1 fully saturated rings. The molecule has 30 heavy (non-hydrogen) atoms. The number of anilines is 1. The normalized spacial score (nSPS) is 16.8. The maximum absolute atomic E-state index is 5.66. The van der Waals surface area contributed by atoms with E-state index >= 15 is 0 Å². The summed E-state index contributed by atoms with van der Waals surface area (Å²) in [4.78, 5) is 21.5. The predicted molar refractivity (Wildman–Crippen MR) is 119 cm³/mol. The van der Waals surface area contributed by atoms with Gasteiger partial charge in [0.15, 0.2) is 0 Å². The Hall–Kier alpha value is -3.22. The maximum Gasteiger partial charge on any atom is 0.228 e. The number of aromatic amines is 1. The summed E-state index contributed by atoms with van der Waals surface area (Å²) in [5, 5.41) is 4.39. The van der Waals surface area contributed by atoms with Crippen molar-refractivity contribution in [3.8, 4) is 17.0 Å². The van der Waals surface area contributed by atoms with Crippen LogP contribution < -0.4 is 10.1 Å². The molecule has 1 saturated carbocycles. The molecular weight excluding hydrogens is 376 g/mol. The van der Waals surface area contributed by atoms with Crippen LogP contribution in [0.25, 0.3) is 33.2 Å². The van der Waals surface area contributed by atoms with Gasteiger partial charge in [-0.1, -0.05) is 19.9 Å². The number of methoxy groups -OCH3 is 1. The number of benzene rings is 1. The summed E-state index contributed by atoms with van der Waals surface area (Å²) in [6.45, 7) is 4.68. The molecule has 0 amide bonds. The molecule has 5 rings (SSSR count). The molecule has 1 aliphatic rings. The SMILES string of the molecule is COc1nc(NC2CCC(C)(C)CC2)nc2[nH]cc(-c3ccc4nccnc4c3)c12. The molecule has 0 unspecified atom stereocenters. The molecule has 2 N–H and O–H groups in total. The van der Waals surface area contributed by atoms with Gasteiger partial charge in [0, 0.05) is 30.2 Å². The molecule has 7 nitrogen and oxygen atoms in total. The molecule has 7 heteroatoms. The molecule has 0 spiro atoms. The van der Waals surface area contributed by atoms with Crippen LogP contribution in [0.5, 0.6) is 5.88 Å². The first-order valence-electron chi connectivity index (χ1n) is 10.4. The fourth-order valence-electron chi connectivity index (χ4n) is 4.30. The Balaban J connectivity index is 1.49. The summed E-state index contributed by atoms with van der Waals surface area (Å²) in [5.74, 6) is 1.18. The van der Waals surface area contributed by atoms with Gasteiger partial charge in [0.2, 0.25) is 11.8 Å². The second-order valence-electron chi connectivity index (χ2n) is 8.83. The molecule has 3 aromatic heterocycles. The molecule has 1 aliphatic carbocycles. The van der Waals surface area contributed by atoms with Gasteiger partial charge in [-0.3, -0.25) is 9.97 Å². The van der Waals surface area contributed by atoms with Gasteiger partial charge in [-0.05, 0) is 48.8 Å². The third kappa shape index (κ3) is 3.44. The number of hydrogen-bond donors (Lipinski definition) is 2. The minimum absolute atomic E-state index is 0.397. The zero-order valence-corrected chi connectivity index (χ0v) is 17.6. The second kappa shape index (κ2) is 7.23. The molecule has 0 bridgehead atoms. The van der Waals surface area contributed by atoms with Gasteiger partial charge in [-0.25, -0.2) is 0 Å². The van der Waals surface area contributed by atoms with Crippen molar-refractivity contribution >= 4 is 28.0 Å². The number of nitrogens with one attached hydrogen (secondary N) is 2. The van der Waals surface area contributed by atoms with Crippen molar-refractivity contribution in [1.82, 2.24) is 24.9 Å². The Morgan fingerprint density at radius 1 is 1.07 bits per heavy atom. The van der Waals surface area contributed by atoms with Crippen LogP contribution in [0, 0.1) is 5.41 Å². The Kier molecular flexibility index (Phi) is 4.53. The fourth-order valence-corrected chi connectivity index (χ4v) is 4.30. The van der Waals surface area contributed by atoms with Crippen LogP contribution in [-0.4, -0.2) is 38.1 Å². The Morgan fingerprint density at radius 2 is 1.83 bits per heavy atom. The Morgan fingerprint density at radius 3 is 2.60 bits per heavy atom. The molecule has 154 valence electrons. The lowest BCUT2D eigenvalue weighted by Crippen LogP contribution is -2.30. The van der Waals surface area contributed by atoms with Crippen molar-refractivity contribution in [2.45, 2.75) is 45.6 Å². The molecule has 0 aliphatic heterocycles. The van der Waals surface area contributed by atoms with Crippen molar-refractivity contribution in [3.05, 3.63) is 36.8 Å². The number of aromatic nitrogens is 5. The number of H-pyrrole nitrogens is 1. The predicted octanol–water partition coefficient (Wildman–Crippen LogP) is 4.96. The van der Waals surface area contributed by atoms with Gasteiger partial charge < -0.3 is 15.0 Å². The van der Waals surface area contributed by atoms with Gasteiger partial charge in [0.25, 0.3) is 0 Å². The van der Waals surface area contributed by atoms with Crippen LogP contribution in [-0.2, 0) is 0 Å². The van der Waals surface area contributed by atoms with Gasteiger partial charge >= 0.3 is 0 Å². The summed E-state index contributed by atoms with van der Waals surface area (Å²) in [6, 6.07) is 6.44. The molecule has 0 radical (unpaired) electrons. The highest BCUT2D eigenvalue weighted by Crippen LogP contribution is 2.37. The largest absolute Gasteiger partial charge is 0.480 e. The molecule has 1 aromatic carbocycles. The van der Waals surface area contributed by atoms with Crippen LogP contribution in [0.15, 0.2) is 36.8 Å². The average Bonchev–Trinajstić information content (AvgIpc) is 3.18. The number of nitrogens with zero attached hydrogens (tertiary/aromatic N) is 4.